The predicted octanol–water partition coefficient (Wildman–Crippen LogP) is 2.74. The molecule has 0 aliphatic carbocycles. The molecule has 1 atom stereocenters. The second-order valence-electron chi connectivity index (χ2n) is 5.40. The molecule has 0 saturated carbocycles. The van der Waals surface area contributed by atoms with Crippen molar-refractivity contribution in [2.45, 2.75) is 38.6 Å². The number of rotatable bonds is 8. The highest BCUT2D eigenvalue weighted by Gasteiger charge is 2.20. The maximum atomic E-state index is 12.1. The summed E-state index contributed by atoms with van der Waals surface area (Å²) in [6, 6.07) is 4.52. The number of aliphatic carboxylic acids is 1. The van der Waals surface area contributed by atoms with Crippen LogP contribution in [-0.2, 0) is 16.0 Å². The van der Waals surface area contributed by atoms with Crippen LogP contribution in [0.25, 0.3) is 11.0 Å². The fourth-order valence-corrected chi connectivity index (χ4v) is 2.41. The van der Waals surface area contributed by atoms with Gasteiger partial charge >= 0.3 is 5.97 Å². The van der Waals surface area contributed by atoms with Crippen LogP contribution in [0.15, 0.2) is 28.9 Å². The van der Waals surface area contributed by atoms with Crippen molar-refractivity contribution >= 4 is 22.8 Å². The predicted molar refractivity (Wildman–Crippen MR) is 85.6 cm³/mol. The van der Waals surface area contributed by atoms with Crippen molar-refractivity contribution < 1.29 is 23.8 Å². The van der Waals surface area contributed by atoms with Crippen LogP contribution in [0.5, 0.6) is 5.75 Å². The zero-order valence-electron chi connectivity index (χ0n) is 13.3. The van der Waals surface area contributed by atoms with E-state index in [1.165, 1.54) is 6.26 Å². The molecule has 23 heavy (non-hydrogen) atoms. The number of carbonyl (C=O) groups excluding carboxylic acids is 1. The van der Waals surface area contributed by atoms with Crippen molar-refractivity contribution in [2.24, 2.45) is 0 Å². The first-order valence-electron chi connectivity index (χ1n) is 7.61. The number of hydrogen-bond donors (Lipinski definition) is 2. The molecule has 0 fully saturated rings. The molecule has 0 spiro atoms. The molecule has 0 aliphatic rings. The van der Waals surface area contributed by atoms with Crippen LogP contribution >= 0.6 is 0 Å². The molecule has 0 saturated heterocycles. The van der Waals surface area contributed by atoms with Crippen LogP contribution in [0, 0.1) is 0 Å². The van der Waals surface area contributed by atoms with Gasteiger partial charge in [-0.3, -0.25) is 4.79 Å². The van der Waals surface area contributed by atoms with Gasteiger partial charge in [-0.25, -0.2) is 4.79 Å². The second kappa shape index (κ2) is 7.67. The van der Waals surface area contributed by atoms with Gasteiger partial charge in [-0.1, -0.05) is 19.8 Å². The minimum atomic E-state index is -1.01. The molecular formula is C17H21NO5. The molecular weight excluding hydrogens is 298 g/mol. The average Bonchev–Trinajstić information content (AvgIpc) is 2.93. The van der Waals surface area contributed by atoms with Gasteiger partial charge in [-0.2, -0.15) is 0 Å². The Morgan fingerprint density at radius 3 is 2.83 bits per heavy atom. The molecule has 2 N–H and O–H groups in total. The largest absolute Gasteiger partial charge is 0.497 e. The monoisotopic (exact) mass is 319 g/mol. The van der Waals surface area contributed by atoms with E-state index < -0.39 is 12.0 Å². The number of unbranched alkanes of at least 4 members (excludes halogenated alkanes) is 1. The number of fused-ring (bicyclic) bond motifs is 1. The third-order valence-corrected chi connectivity index (χ3v) is 3.69. The minimum absolute atomic E-state index is 0.0786. The van der Waals surface area contributed by atoms with Gasteiger partial charge in [0.05, 0.1) is 19.8 Å². The summed E-state index contributed by atoms with van der Waals surface area (Å²) in [5.74, 6) is -0.658. The van der Waals surface area contributed by atoms with Gasteiger partial charge in [0.25, 0.3) is 0 Å². The molecule has 1 aromatic heterocycles. The van der Waals surface area contributed by atoms with Crippen LogP contribution in [0.1, 0.15) is 31.7 Å². The van der Waals surface area contributed by atoms with Crippen molar-refractivity contribution in [2.75, 3.05) is 7.11 Å². The number of carboxylic acids is 1. The van der Waals surface area contributed by atoms with Crippen molar-refractivity contribution in [3.05, 3.63) is 30.0 Å². The number of ether oxygens (including phenoxy) is 1. The highest BCUT2D eigenvalue weighted by Crippen LogP contribution is 2.25. The van der Waals surface area contributed by atoms with Gasteiger partial charge in [-0.05, 0) is 18.6 Å². The molecule has 1 amide bonds. The Labute approximate surface area is 134 Å². The fourth-order valence-electron chi connectivity index (χ4n) is 2.41. The van der Waals surface area contributed by atoms with E-state index in [1.54, 1.807) is 19.2 Å². The summed E-state index contributed by atoms with van der Waals surface area (Å²) in [6.45, 7) is 1.98. The van der Waals surface area contributed by atoms with E-state index in [2.05, 4.69) is 5.32 Å². The van der Waals surface area contributed by atoms with Crippen molar-refractivity contribution in [1.29, 1.82) is 0 Å². The van der Waals surface area contributed by atoms with E-state index in [-0.39, 0.29) is 12.3 Å². The zero-order valence-corrected chi connectivity index (χ0v) is 13.3. The standard InChI is InChI=1S/C17H21NO5/c1-3-4-5-14(17(20)21)18-16(19)8-11-10-23-15-9-12(22-2)6-7-13(11)15/h6-7,9-10,14H,3-5,8H2,1-2H3,(H,18,19)(H,20,21). The summed E-state index contributed by atoms with van der Waals surface area (Å²) in [6.07, 6.45) is 3.67. The number of benzene rings is 1. The number of hydrogen-bond acceptors (Lipinski definition) is 4. The van der Waals surface area contributed by atoms with Crippen molar-refractivity contribution in [1.82, 2.24) is 5.32 Å². The molecule has 1 heterocycles. The molecule has 1 aromatic carbocycles. The van der Waals surface area contributed by atoms with Gasteiger partial charge in [-0.15, -0.1) is 0 Å². The minimum Gasteiger partial charge on any atom is -0.497 e. The Bertz CT molecular complexity index is 691. The van der Waals surface area contributed by atoms with Gasteiger partial charge in [0.2, 0.25) is 5.91 Å². The van der Waals surface area contributed by atoms with Gasteiger partial charge < -0.3 is 19.6 Å². The van der Waals surface area contributed by atoms with Gasteiger partial charge in [0.15, 0.2) is 0 Å². The summed E-state index contributed by atoms with van der Waals surface area (Å²) in [5, 5.41) is 12.5. The Balaban J connectivity index is 2.06. The van der Waals surface area contributed by atoms with Gasteiger partial charge in [0, 0.05) is 17.0 Å². The smallest absolute Gasteiger partial charge is 0.326 e. The molecule has 0 bridgehead atoms. The third-order valence-electron chi connectivity index (χ3n) is 3.69. The normalized spacial score (nSPS) is 12.1. The van der Waals surface area contributed by atoms with Crippen LogP contribution < -0.4 is 10.1 Å². The first-order valence-corrected chi connectivity index (χ1v) is 7.61. The third kappa shape index (κ3) is 4.25. The summed E-state index contributed by atoms with van der Waals surface area (Å²) < 4.78 is 10.6. The van der Waals surface area contributed by atoms with E-state index in [0.717, 1.165) is 23.8 Å². The Hall–Kier alpha value is -2.50. The van der Waals surface area contributed by atoms with E-state index in [0.29, 0.717) is 17.8 Å². The first-order chi connectivity index (χ1) is 11.0. The van der Waals surface area contributed by atoms with E-state index in [1.807, 2.05) is 13.0 Å². The topological polar surface area (TPSA) is 88.8 Å². The molecule has 6 nitrogen and oxygen atoms in total. The summed E-state index contributed by atoms with van der Waals surface area (Å²) in [5.41, 5.74) is 1.35. The lowest BCUT2D eigenvalue weighted by Crippen LogP contribution is -2.41. The highest BCUT2D eigenvalue weighted by atomic mass is 16.5. The van der Waals surface area contributed by atoms with Crippen molar-refractivity contribution in [3.8, 4) is 5.75 Å². The summed E-state index contributed by atoms with van der Waals surface area (Å²) in [7, 11) is 1.57. The lowest BCUT2D eigenvalue weighted by molar-refractivity contribution is -0.141. The number of methoxy groups -OCH3 is 1. The highest BCUT2D eigenvalue weighted by molar-refractivity contribution is 5.90. The lowest BCUT2D eigenvalue weighted by atomic mass is 10.1. The van der Waals surface area contributed by atoms with Gasteiger partial charge in [0.1, 0.15) is 17.4 Å². The summed E-state index contributed by atoms with van der Waals surface area (Å²) >= 11 is 0. The van der Waals surface area contributed by atoms with E-state index >= 15 is 0 Å². The molecule has 2 aromatic rings. The Morgan fingerprint density at radius 2 is 2.17 bits per heavy atom. The molecule has 2 rings (SSSR count). The number of nitrogens with one attached hydrogen (secondary N) is 1. The first kappa shape index (κ1) is 16.9. The maximum absolute atomic E-state index is 12.1. The van der Waals surface area contributed by atoms with Crippen molar-refractivity contribution in [3.63, 3.8) is 0 Å². The zero-order chi connectivity index (χ0) is 16.8. The molecule has 1 unspecified atom stereocenters. The second-order valence-corrected chi connectivity index (χ2v) is 5.40. The van der Waals surface area contributed by atoms with Crippen LogP contribution in [0.4, 0.5) is 0 Å². The SMILES string of the molecule is CCCCC(NC(=O)Cc1coc2cc(OC)ccc12)C(=O)O. The fraction of sp³-hybridized carbons (Fsp3) is 0.412. The quantitative estimate of drug-likeness (QED) is 0.781. The Morgan fingerprint density at radius 1 is 1.39 bits per heavy atom. The number of amides is 1. The van der Waals surface area contributed by atoms with Crippen LogP contribution in [0.3, 0.4) is 0 Å². The van der Waals surface area contributed by atoms with E-state index in [4.69, 9.17) is 14.3 Å². The van der Waals surface area contributed by atoms with E-state index in [9.17, 15) is 9.59 Å². The number of carboxylic acid groups (broad SMARTS) is 1. The van der Waals surface area contributed by atoms with Crippen LogP contribution in [-0.4, -0.2) is 30.1 Å². The molecule has 0 radical (unpaired) electrons. The average molecular weight is 319 g/mol. The Kier molecular flexibility index (Phi) is 5.62. The maximum Gasteiger partial charge on any atom is 0.326 e. The number of carbonyl (C=O) groups is 2. The molecule has 124 valence electrons. The molecule has 6 heteroatoms. The number of furan rings is 1. The lowest BCUT2D eigenvalue weighted by Gasteiger charge is -2.13. The van der Waals surface area contributed by atoms with Crippen LogP contribution in [0.2, 0.25) is 0 Å². The summed E-state index contributed by atoms with van der Waals surface area (Å²) in [4.78, 5) is 23.3. The molecule has 0 aliphatic heterocycles.